The Morgan fingerprint density at radius 3 is 1.18 bits per heavy atom. The zero-order valence-corrected chi connectivity index (χ0v) is 42.9. The van der Waals surface area contributed by atoms with Crippen LogP contribution < -0.4 is 18.9 Å². The predicted octanol–water partition coefficient (Wildman–Crippen LogP) is 7.96. The first-order chi connectivity index (χ1) is 30.5. The van der Waals surface area contributed by atoms with Gasteiger partial charge < -0.3 is 37.9 Å². The summed E-state index contributed by atoms with van der Waals surface area (Å²) in [5.74, 6) is 1.94. The van der Waals surface area contributed by atoms with Crippen LogP contribution in [0.5, 0.6) is 23.5 Å². The summed E-state index contributed by atoms with van der Waals surface area (Å²) in [5.41, 5.74) is 4.53. The van der Waals surface area contributed by atoms with E-state index in [0.29, 0.717) is 60.3 Å². The highest BCUT2D eigenvalue weighted by molar-refractivity contribution is 6.30. The molecule has 0 saturated carbocycles. The summed E-state index contributed by atoms with van der Waals surface area (Å²) in [5, 5.41) is 31.4. The van der Waals surface area contributed by atoms with Crippen LogP contribution in [0.15, 0.2) is 24.3 Å². The van der Waals surface area contributed by atoms with Gasteiger partial charge in [0.05, 0.1) is 88.7 Å². The van der Waals surface area contributed by atoms with Gasteiger partial charge in [0.2, 0.25) is 23.5 Å². The zero-order valence-electron chi connectivity index (χ0n) is 41.4. The van der Waals surface area contributed by atoms with Gasteiger partial charge in [-0.1, -0.05) is 23.2 Å². The molecular formula is C44H66Cl2N8O12. The van der Waals surface area contributed by atoms with Gasteiger partial charge >= 0.3 is 12.3 Å². The maximum absolute atomic E-state index is 8.12. The molecule has 4 aromatic heterocycles. The maximum atomic E-state index is 8.12. The molecular weight excluding hydrogens is 903 g/mol. The molecule has 0 aliphatic rings. The number of hydrogen-bond acceptors (Lipinski definition) is 20. The summed E-state index contributed by atoms with van der Waals surface area (Å²) in [6, 6.07) is 7.20. The van der Waals surface area contributed by atoms with Crippen LogP contribution in [0.3, 0.4) is 0 Å². The summed E-state index contributed by atoms with van der Waals surface area (Å²) < 4.78 is 42.7. The smallest absolute Gasteiger partial charge is 0.373 e. The van der Waals surface area contributed by atoms with Crippen molar-refractivity contribution in [1.82, 2.24) is 40.8 Å². The summed E-state index contributed by atoms with van der Waals surface area (Å²) in [6.07, 6.45) is 0.500. The molecule has 4 heterocycles. The molecule has 0 fully saturated rings. The first-order valence-electron chi connectivity index (χ1n) is 19.9. The number of rotatable bonds is 12. The monoisotopic (exact) mass is 968 g/mol. The molecule has 0 atom stereocenters. The molecule has 4 aromatic rings. The number of nitrogens with zero attached hydrogens (tertiary/aromatic N) is 8. The molecule has 0 aliphatic heterocycles. The van der Waals surface area contributed by atoms with Gasteiger partial charge in [0.1, 0.15) is 0 Å². The van der Waals surface area contributed by atoms with Gasteiger partial charge in [-0.3, -0.25) is 0 Å². The van der Waals surface area contributed by atoms with Crippen LogP contribution in [0, 0.1) is 13.8 Å². The van der Waals surface area contributed by atoms with Gasteiger partial charge in [-0.25, -0.2) is 0 Å². The fourth-order valence-electron chi connectivity index (χ4n) is 3.96. The fraction of sp³-hybridized carbons (Fsp3) is 0.591. The second-order valence-electron chi connectivity index (χ2n) is 17.2. The van der Waals surface area contributed by atoms with E-state index in [1.807, 2.05) is 109 Å². The summed E-state index contributed by atoms with van der Waals surface area (Å²) in [6.45, 7) is 29.6. The average molecular weight is 970 g/mol. The van der Waals surface area contributed by atoms with E-state index >= 15 is 0 Å². The highest BCUT2D eigenvalue weighted by atomic mass is 35.5. The van der Waals surface area contributed by atoms with E-state index in [1.165, 1.54) is 7.11 Å². The zero-order chi connectivity index (χ0) is 51.3. The van der Waals surface area contributed by atoms with Crippen LogP contribution in [0.1, 0.15) is 117 Å². The third-order valence-electron chi connectivity index (χ3n) is 7.07. The molecule has 0 unspecified atom stereocenters. The Bertz CT molecular complexity index is 1930. The van der Waals surface area contributed by atoms with Crippen LogP contribution in [0.4, 0.5) is 0 Å². The van der Waals surface area contributed by atoms with Crippen molar-refractivity contribution in [3.05, 3.63) is 68.2 Å². The number of aromatic nitrogens is 8. The number of methoxy groups -OCH3 is 4. The molecule has 0 N–H and O–H groups in total. The SMILES string of the molecule is COc1cc(COC(C)(C)C)c(C)nn1.COc1cc(COC(C)(C)C)c(Cl)nn1.COc1nnc(C)cc1COC(C)(C)C.COc1nnc(Cl)cc1COC(C)(C)C.O=C=O.O=C=O. The lowest BCUT2D eigenvalue weighted by atomic mass is 10.2. The Hall–Kier alpha value is -5.30. The van der Waals surface area contributed by atoms with E-state index < -0.39 is 0 Å². The fourth-order valence-corrected chi connectivity index (χ4v) is 4.28. The Kier molecular flexibility index (Phi) is 30.0. The normalized spacial score (nSPS) is 10.7. The molecule has 20 nitrogen and oxygen atoms in total. The predicted molar refractivity (Wildman–Crippen MR) is 242 cm³/mol. The molecule has 0 saturated heterocycles. The summed E-state index contributed by atoms with van der Waals surface area (Å²) >= 11 is 11.6. The third-order valence-corrected chi connectivity index (χ3v) is 7.57. The highest BCUT2D eigenvalue weighted by Crippen LogP contribution is 2.23. The van der Waals surface area contributed by atoms with Gasteiger partial charge in [-0.2, -0.15) is 29.4 Å². The van der Waals surface area contributed by atoms with Crippen LogP contribution in [0.2, 0.25) is 10.3 Å². The number of ether oxygens (including phenoxy) is 8. The van der Waals surface area contributed by atoms with Crippen molar-refractivity contribution >= 4 is 35.5 Å². The minimum atomic E-state index is -0.208. The number of aryl methyl sites for hydroxylation is 2. The van der Waals surface area contributed by atoms with Crippen molar-refractivity contribution in [3.8, 4) is 23.5 Å². The molecule has 0 aliphatic carbocycles. The van der Waals surface area contributed by atoms with E-state index in [-0.39, 0.29) is 34.7 Å². The van der Waals surface area contributed by atoms with Crippen molar-refractivity contribution in [2.24, 2.45) is 0 Å². The van der Waals surface area contributed by atoms with Gasteiger partial charge in [-0.15, -0.1) is 30.6 Å². The van der Waals surface area contributed by atoms with E-state index in [9.17, 15) is 0 Å². The Morgan fingerprint density at radius 1 is 0.439 bits per heavy atom. The van der Waals surface area contributed by atoms with Gasteiger partial charge in [0.15, 0.2) is 10.3 Å². The molecule has 0 aromatic carbocycles. The quantitative estimate of drug-likeness (QED) is 0.131. The van der Waals surface area contributed by atoms with E-state index in [0.717, 1.165) is 33.6 Å². The molecule has 4 rings (SSSR count). The number of halogens is 2. The molecule has 368 valence electrons. The number of hydrogen-bond donors (Lipinski definition) is 0. The second kappa shape index (κ2) is 31.6. The van der Waals surface area contributed by atoms with Crippen LogP contribution in [0.25, 0.3) is 0 Å². The average Bonchev–Trinajstić information content (AvgIpc) is 3.22. The van der Waals surface area contributed by atoms with E-state index in [1.54, 1.807) is 33.5 Å². The van der Waals surface area contributed by atoms with Crippen molar-refractivity contribution < 1.29 is 57.1 Å². The van der Waals surface area contributed by atoms with Gasteiger partial charge in [0, 0.05) is 34.4 Å². The topological polar surface area (TPSA) is 245 Å². The molecule has 66 heavy (non-hydrogen) atoms. The minimum Gasteiger partial charge on any atom is -0.480 e. The molecule has 0 spiro atoms. The van der Waals surface area contributed by atoms with Gasteiger partial charge in [0.25, 0.3) is 0 Å². The minimum absolute atomic E-state index is 0.150. The van der Waals surface area contributed by atoms with Crippen LogP contribution >= 0.6 is 23.2 Å². The van der Waals surface area contributed by atoms with Crippen molar-refractivity contribution in [2.45, 2.75) is 146 Å². The lowest BCUT2D eigenvalue weighted by Crippen LogP contribution is -2.19. The first-order valence-corrected chi connectivity index (χ1v) is 20.7. The van der Waals surface area contributed by atoms with Crippen molar-refractivity contribution in [2.75, 3.05) is 28.4 Å². The largest absolute Gasteiger partial charge is 0.480 e. The molecule has 22 heteroatoms. The second-order valence-corrected chi connectivity index (χ2v) is 17.9. The standard InChI is InChI=1S/2C11H18N2O2.2C10H15ClN2O2.2CO2/c1-8-9(7-15-11(2,3)4)6-10(14-5)13-12-8;1-8-6-9(7-15-11(2,3)4)10(14-5)13-12-8;1-10(2,3)15-6-7-5-8(14-4)12-13-9(7)11;1-10(2,3)15-6-7-5-8(11)12-13-9(7)14-4;2*2-1-3/h2*6H,7H2,1-5H3;2*5H,6H2,1-4H3;;. The third kappa shape index (κ3) is 31.6. The lowest BCUT2D eigenvalue weighted by molar-refractivity contribution is -0.193. The summed E-state index contributed by atoms with van der Waals surface area (Å²) in [4.78, 5) is 32.5. The Morgan fingerprint density at radius 2 is 0.788 bits per heavy atom. The first kappa shape index (κ1) is 62.8. The van der Waals surface area contributed by atoms with Crippen LogP contribution in [-0.4, -0.2) is 104 Å². The van der Waals surface area contributed by atoms with Gasteiger partial charge in [-0.05, 0) is 109 Å². The number of carbonyl (C=O) groups excluding carboxylic acids is 4. The highest BCUT2D eigenvalue weighted by Gasteiger charge is 2.16. The van der Waals surface area contributed by atoms with Crippen LogP contribution in [-0.2, 0) is 64.6 Å². The molecule has 0 radical (unpaired) electrons. The van der Waals surface area contributed by atoms with Crippen molar-refractivity contribution in [3.63, 3.8) is 0 Å². The van der Waals surface area contributed by atoms with E-state index in [2.05, 4.69) is 40.8 Å². The van der Waals surface area contributed by atoms with Crippen molar-refractivity contribution in [1.29, 1.82) is 0 Å². The Labute approximate surface area is 398 Å². The Balaban J connectivity index is 0. The van der Waals surface area contributed by atoms with E-state index in [4.69, 9.17) is 80.3 Å². The lowest BCUT2D eigenvalue weighted by Gasteiger charge is -2.20. The summed E-state index contributed by atoms with van der Waals surface area (Å²) in [7, 11) is 6.23. The molecule has 0 amide bonds. The maximum Gasteiger partial charge on any atom is 0.373 e. The molecule has 0 bridgehead atoms.